The quantitative estimate of drug-likeness (QED) is 0.649. The van der Waals surface area contributed by atoms with Crippen LogP contribution in [0.5, 0.6) is 0 Å². The van der Waals surface area contributed by atoms with Crippen LogP contribution in [-0.4, -0.2) is 21.5 Å². The first-order chi connectivity index (χ1) is 8.87. The number of aromatic amines is 1. The average Bonchev–Trinajstić information content (AvgIpc) is 2.76. The van der Waals surface area contributed by atoms with E-state index < -0.39 is 11.6 Å². The minimum Gasteiger partial charge on any atom is -0.454 e. The number of halogens is 1. The number of benzene rings is 1. The third kappa shape index (κ3) is 3.56. The van der Waals surface area contributed by atoms with Gasteiger partial charge in [-0.25, -0.2) is 9.78 Å². The van der Waals surface area contributed by atoms with Gasteiger partial charge in [0.25, 0.3) is 0 Å². The highest BCUT2D eigenvalue weighted by molar-refractivity contribution is 14.1. The van der Waals surface area contributed by atoms with Crippen LogP contribution in [0.15, 0.2) is 30.5 Å². The van der Waals surface area contributed by atoms with Gasteiger partial charge in [-0.1, -0.05) is 18.2 Å². The van der Waals surface area contributed by atoms with Gasteiger partial charge >= 0.3 is 5.97 Å². The third-order valence-corrected chi connectivity index (χ3v) is 3.27. The summed E-state index contributed by atoms with van der Waals surface area (Å²) in [6.45, 7) is 5.48. The number of hydrogen-bond acceptors (Lipinski definition) is 3. The monoisotopic (exact) mass is 370 g/mol. The van der Waals surface area contributed by atoms with Gasteiger partial charge in [0, 0.05) is 9.13 Å². The predicted octanol–water partition coefficient (Wildman–Crippen LogP) is 3.64. The number of nitrogens with one attached hydrogen (secondary N) is 1. The Bertz CT molecular complexity index is 599. The number of hydrogen-bond donors (Lipinski definition) is 1. The van der Waals surface area contributed by atoms with Crippen LogP contribution in [0.3, 0.4) is 0 Å². The number of carbonyl (C=O) groups is 1. The van der Waals surface area contributed by atoms with E-state index >= 15 is 0 Å². The Morgan fingerprint density at radius 1 is 1.32 bits per heavy atom. The Balaban J connectivity index is 2.25. The first-order valence-electron chi connectivity index (χ1n) is 5.90. The molecule has 0 fully saturated rings. The smallest absolute Gasteiger partial charge is 0.374 e. The Morgan fingerprint density at radius 3 is 2.63 bits per heavy atom. The molecule has 0 unspecified atom stereocenters. The minimum absolute atomic E-state index is 0.226. The summed E-state index contributed by atoms with van der Waals surface area (Å²) in [4.78, 5) is 19.0. The van der Waals surface area contributed by atoms with E-state index in [4.69, 9.17) is 4.74 Å². The molecular weight excluding hydrogens is 355 g/mol. The maximum Gasteiger partial charge on any atom is 0.374 e. The number of ether oxygens (including phenoxy) is 1. The SMILES string of the molecule is CC(C)(C)OC(=O)c1ncc(-c2ccccc2I)[nH]1. The highest BCUT2D eigenvalue weighted by Gasteiger charge is 2.20. The zero-order valence-corrected chi connectivity index (χ0v) is 13.2. The summed E-state index contributed by atoms with van der Waals surface area (Å²) in [6.07, 6.45) is 1.65. The van der Waals surface area contributed by atoms with Crippen molar-refractivity contribution >= 4 is 28.6 Å². The predicted molar refractivity (Wildman–Crippen MR) is 81.9 cm³/mol. The molecule has 19 heavy (non-hydrogen) atoms. The van der Waals surface area contributed by atoms with E-state index in [1.54, 1.807) is 6.20 Å². The van der Waals surface area contributed by atoms with Crippen molar-refractivity contribution in [2.45, 2.75) is 26.4 Å². The zero-order valence-electron chi connectivity index (χ0n) is 11.0. The Morgan fingerprint density at radius 2 is 2.00 bits per heavy atom. The maximum atomic E-state index is 11.9. The first kappa shape index (κ1) is 14.0. The van der Waals surface area contributed by atoms with Crippen LogP contribution in [0.2, 0.25) is 0 Å². The number of nitrogens with zero attached hydrogens (tertiary/aromatic N) is 1. The summed E-state index contributed by atoms with van der Waals surface area (Å²) in [5, 5.41) is 0. The van der Waals surface area contributed by atoms with Crippen molar-refractivity contribution in [3.63, 3.8) is 0 Å². The third-order valence-electron chi connectivity index (χ3n) is 2.33. The van der Waals surface area contributed by atoms with Gasteiger partial charge in [-0.2, -0.15) is 0 Å². The topological polar surface area (TPSA) is 55.0 Å². The lowest BCUT2D eigenvalue weighted by molar-refractivity contribution is 0.00569. The summed E-state index contributed by atoms with van der Waals surface area (Å²) in [5.41, 5.74) is 1.31. The van der Waals surface area contributed by atoms with Crippen LogP contribution < -0.4 is 0 Å². The molecule has 0 atom stereocenters. The normalized spacial score (nSPS) is 11.4. The van der Waals surface area contributed by atoms with Gasteiger partial charge in [0.15, 0.2) is 0 Å². The second-order valence-electron chi connectivity index (χ2n) is 5.13. The van der Waals surface area contributed by atoms with Crippen molar-refractivity contribution in [1.82, 2.24) is 9.97 Å². The summed E-state index contributed by atoms with van der Waals surface area (Å²) < 4.78 is 6.37. The van der Waals surface area contributed by atoms with Crippen molar-refractivity contribution in [1.29, 1.82) is 0 Å². The number of aromatic nitrogens is 2. The van der Waals surface area contributed by atoms with Crippen molar-refractivity contribution in [2.75, 3.05) is 0 Å². The second-order valence-corrected chi connectivity index (χ2v) is 6.29. The molecule has 0 radical (unpaired) electrons. The summed E-state index contributed by atoms with van der Waals surface area (Å²) in [5.74, 6) is -0.214. The standard InChI is InChI=1S/C14H15IN2O2/c1-14(2,3)19-13(18)12-16-8-11(17-12)9-6-4-5-7-10(9)15/h4-8H,1-3H3,(H,16,17). The fourth-order valence-corrected chi connectivity index (χ4v) is 2.25. The van der Waals surface area contributed by atoms with Crippen LogP contribution >= 0.6 is 22.6 Å². The Hall–Kier alpha value is -1.37. The molecular formula is C14H15IN2O2. The molecule has 2 rings (SSSR count). The summed E-state index contributed by atoms with van der Waals surface area (Å²) in [6, 6.07) is 7.90. The fraction of sp³-hybridized carbons (Fsp3) is 0.286. The van der Waals surface area contributed by atoms with Gasteiger partial charge in [-0.3, -0.25) is 0 Å². The van der Waals surface area contributed by atoms with Crippen LogP contribution in [0.25, 0.3) is 11.3 Å². The van der Waals surface area contributed by atoms with Crippen LogP contribution in [-0.2, 0) is 4.74 Å². The van der Waals surface area contributed by atoms with Crippen LogP contribution in [0.1, 0.15) is 31.4 Å². The van der Waals surface area contributed by atoms with Crippen molar-refractivity contribution in [2.24, 2.45) is 0 Å². The molecule has 0 aliphatic heterocycles. The zero-order chi connectivity index (χ0) is 14.0. The largest absolute Gasteiger partial charge is 0.454 e. The number of rotatable bonds is 2. The lowest BCUT2D eigenvalue weighted by Crippen LogP contribution is -2.24. The Kier molecular flexibility index (Phi) is 3.93. The lowest BCUT2D eigenvalue weighted by Gasteiger charge is -2.18. The fourth-order valence-electron chi connectivity index (χ4n) is 1.57. The van der Waals surface area contributed by atoms with Gasteiger partial charge in [0.05, 0.1) is 11.9 Å². The molecule has 0 amide bonds. The number of carbonyl (C=O) groups excluding carboxylic acids is 1. The molecule has 0 aliphatic carbocycles. The summed E-state index contributed by atoms with van der Waals surface area (Å²) >= 11 is 2.25. The van der Waals surface area contributed by atoms with E-state index in [0.29, 0.717) is 0 Å². The molecule has 2 aromatic rings. The van der Waals surface area contributed by atoms with Crippen molar-refractivity contribution < 1.29 is 9.53 Å². The highest BCUT2D eigenvalue weighted by Crippen LogP contribution is 2.23. The lowest BCUT2D eigenvalue weighted by atomic mass is 10.2. The summed E-state index contributed by atoms with van der Waals surface area (Å²) in [7, 11) is 0. The average molecular weight is 370 g/mol. The molecule has 1 aromatic carbocycles. The van der Waals surface area contributed by atoms with E-state index in [1.807, 2.05) is 45.0 Å². The molecule has 100 valence electrons. The number of esters is 1. The van der Waals surface area contributed by atoms with Crippen LogP contribution in [0.4, 0.5) is 0 Å². The first-order valence-corrected chi connectivity index (χ1v) is 6.98. The molecule has 0 aliphatic rings. The molecule has 0 saturated heterocycles. The highest BCUT2D eigenvalue weighted by atomic mass is 127. The molecule has 0 bridgehead atoms. The van der Waals surface area contributed by atoms with E-state index in [-0.39, 0.29) is 5.82 Å². The van der Waals surface area contributed by atoms with Gasteiger partial charge in [0.2, 0.25) is 5.82 Å². The van der Waals surface area contributed by atoms with E-state index in [2.05, 4.69) is 32.6 Å². The molecule has 1 aromatic heterocycles. The van der Waals surface area contributed by atoms with Gasteiger partial charge in [0.1, 0.15) is 5.60 Å². The molecule has 1 heterocycles. The van der Waals surface area contributed by atoms with Gasteiger partial charge in [-0.05, 0) is 49.4 Å². The molecule has 5 heteroatoms. The van der Waals surface area contributed by atoms with Gasteiger partial charge < -0.3 is 9.72 Å². The van der Waals surface area contributed by atoms with E-state index in [0.717, 1.165) is 14.8 Å². The van der Waals surface area contributed by atoms with Crippen LogP contribution in [0, 0.1) is 3.57 Å². The molecule has 0 saturated carbocycles. The Labute approximate surface area is 125 Å². The minimum atomic E-state index is -0.523. The molecule has 0 spiro atoms. The number of H-pyrrole nitrogens is 1. The van der Waals surface area contributed by atoms with E-state index in [9.17, 15) is 4.79 Å². The maximum absolute atomic E-state index is 11.9. The van der Waals surface area contributed by atoms with E-state index in [1.165, 1.54) is 0 Å². The molecule has 1 N–H and O–H groups in total. The second kappa shape index (κ2) is 5.32. The number of imidazole rings is 1. The van der Waals surface area contributed by atoms with Gasteiger partial charge in [-0.15, -0.1) is 0 Å². The van der Waals surface area contributed by atoms with Crippen molar-refractivity contribution in [3.8, 4) is 11.3 Å². The molecule has 4 nitrogen and oxygen atoms in total. The van der Waals surface area contributed by atoms with Crippen molar-refractivity contribution in [3.05, 3.63) is 39.9 Å².